The van der Waals surface area contributed by atoms with Crippen molar-refractivity contribution in [2.45, 2.75) is 52.4 Å². The smallest absolute Gasteiger partial charge is 0.333 e. The molecule has 0 amide bonds. The van der Waals surface area contributed by atoms with Gasteiger partial charge in [0.05, 0.1) is 16.4 Å². The Hall–Kier alpha value is -7.51. The number of aromatic nitrogens is 2. The monoisotopic (exact) mass is 827 g/mol. The van der Waals surface area contributed by atoms with Crippen molar-refractivity contribution in [3.05, 3.63) is 157 Å². The molecule has 6 nitrogen and oxygen atoms in total. The summed E-state index contributed by atoms with van der Waals surface area (Å²) in [6.45, 7) is 13.5. The van der Waals surface area contributed by atoms with E-state index < -0.39 is 0 Å². The lowest BCUT2D eigenvalue weighted by Crippen LogP contribution is -2.60. The average molecular weight is 828 g/mol. The predicted octanol–water partition coefficient (Wildman–Crippen LogP) is 14.2. The van der Waals surface area contributed by atoms with Crippen LogP contribution in [0.25, 0.3) is 105 Å². The Morgan fingerprint density at radius 3 is 2.00 bits per heavy atom. The van der Waals surface area contributed by atoms with Crippen LogP contribution in [0.2, 0.25) is 0 Å². The number of hydrogen-bond acceptors (Lipinski definition) is 5. The minimum absolute atomic E-state index is 0.00772. The summed E-state index contributed by atoms with van der Waals surface area (Å²) in [7, 11) is 0. The summed E-state index contributed by atoms with van der Waals surface area (Å²) in [5, 5.41) is 6.70. The number of benzene rings is 8. The van der Waals surface area contributed by atoms with E-state index in [1.165, 1.54) is 27.5 Å². The quantitative estimate of drug-likeness (QED) is 0.162. The average Bonchev–Trinajstić information content (AvgIpc) is 4.07. The Kier molecular flexibility index (Phi) is 6.84. The molecule has 2 aliphatic heterocycles. The van der Waals surface area contributed by atoms with Crippen LogP contribution in [0.4, 0.5) is 11.4 Å². The zero-order chi connectivity index (χ0) is 43.0. The standard InChI is InChI=1S/C57H42BN3O3/c1-56(2,3)32-20-23-34(24-21-32)61-43-27-37-35-16-10-12-18-45(35)62-47(37)28-39(43)49-50-36-17-11-13-19-46(36)63-54(50)51-38-26-33(57(4,5)6)22-25-42(38)60-44-30-48-41(29-40(44)58(61)52(49)53(51)60)59-55(64-48)31-14-8-7-9-15-31/h7-30H,1-6H3. The Morgan fingerprint density at radius 2 is 1.23 bits per heavy atom. The van der Waals surface area contributed by atoms with Gasteiger partial charge in [-0.1, -0.05) is 114 Å². The SMILES string of the molecule is CC(C)(C)c1ccc(N2B3c4cc5nc(-c6ccccc6)oc5cc4-n4c5ccc(C(C)(C)C)cc5c5c6oc7ccccc7c6c(c3c54)-c3cc4oc5ccccc5c4cc32)cc1. The minimum atomic E-state index is -0.255. The Bertz CT molecular complexity index is 3980. The molecule has 0 saturated carbocycles. The Morgan fingerprint density at radius 1 is 0.531 bits per heavy atom. The molecule has 0 atom stereocenters. The first-order valence-corrected chi connectivity index (χ1v) is 22.3. The summed E-state index contributed by atoms with van der Waals surface area (Å²) in [6, 6.07) is 52.6. The number of anilines is 2. The molecule has 4 aromatic heterocycles. The number of rotatable bonds is 2. The van der Waals surface area contributed by atoms with Crippen molar-refractivity contribution in [1.29, 1.82) is 0 Å². The van der Waals surface area contributed by atoms with Crippen LogP contribution in [0.3, 0.4) is 0 Å². The summed E-state index contributed by atoms with van der Waals surface area (Å²) in [5.41, 5.74) is 18.7. The fourth-order valence-corrected chi connectivity index (χ4v) is 11.0. The van der Waals surface area contributed by atoms with Gasteiger partial charge in [-0.2, -0.15) is 0 Å². The molecule has 0 aliphatic carbocycles. The first kappa shape index (κ1) is 36.0. The van der Waals surface area contributed by atoms with Crippen LogP contribution in [0.5, 0.6) is 0 Å². The van der Waals surface area contributed by atoms with Gasteiger partial charge in [0.1, 0.15) is 27.8 Å². The summed E-state index contributed by atoms with van der Waals surface area (Å²) >= 11 is 0. The maximum Gasteiger partial charge on any atom is 0.333 e. The second kappa shape index (κ2) is 12.1. The van der Waals surface area contributed by atoms with Gasteiger partial charge >= 0.3 is 6.85 Å². The van der Waals surface area contributed by atoms with Crippen molar-refractivity contribution in [3.63, 3.8) is 0 Å². The predicted molar refractivity (Wildman–Crippen MR) is 265 cm³/mol. The third-order valence-electron chi connectivity index (χ3n) is 14.1. The van der Waals surface area contributed by atoms with Crippen LogP contribution in [0.15, 0.2) is 159 Å². The van der Waals surface area contributed by atoms with Crippen molar-refractivity contribution in [2.75, 3.05) is 4.81 Å². The third-order valence-corrected chi connectivity index (χ3v) is 14.1. The van der Waals surface area contributed by atoms with E-state index in [9.17, 15) is 0 Å². The summed E-state index contributed by atoms with van der Waals surface area (Å²) in [6.07, 6.45) is 0. The highest BCUT2D eigenvalue weighted by Gasteiger charge is 2.47. The van der Waals surface area contributed by atoms with Gasteiger partial charge in [0.25, 0.3) is 0 Å². The van der Waals surface area contributed by atoms with Gasteiger partial charge in [-0.3, -0.25) is 0 Å². The van der Waals surface area contributed by atoms with Gasteiger partial charge in [-0.15, -0.1) is 0 Å². The van der Waals surface area contributed by atoms with Crippen molar-refractivity contribution < 1.29 is 13.3 Å². The van der Waals surface area contributed by atoms with E-state index >= 15 is 0 Å². The summed E-state index contributed by atoms with van der Waals surface area (Å²) < 4.78 is 23.1. The topological polar surface area (TPSA) is 60.5 Å². The van der Waals surface area contributed by atoms with Gasteiger partial charge in [0.15, 0.2) is 5.58 Å². The maximum absolute atomic E-state index is 7.18. The van der Waals surface area contributed by atoms with Crippen LogP contribution in [0.1, 0.15) is 52.7 Å². The molecule has 0 fully saturated rings. The molecule has 6 heterocycles. The Labute approximate surface area is 369 Å². The second-order valence-electron chi connectivity index (χ2n) is 19.9. The van der Waals surface area contributed by atoms with E-state index in [1.807, 2.05) is 24.3 Å². The fourth-order valence-electron chi connectivity index (χ4n) is 11.0. The number of para-hydroxylation sites is 2. The van der Waals surface area contributed by atoms with Crippen LogP contribution >= 0.6 is 0 Å². The van der Waals surface area contributed by atoms with E-state index in [1.54, 1.807) is 0 Å². The van der Waals surface area contributed by atoms with Crippen LogP contribution < -0.4 is 15.7 Å². The van der Waals surface area contributed by atoms with Gasteiger partial charge in [-0.05, 0) is 105 Å². The first-order valence-electron chi connectivity index (χ1n) is 22.3. The van der Waals surface area contributed by atoms with E-state index in [4.69, 9.17) is 18.2 Å². The molecule has 12 aromatic rings. The molecule has 64 heavy (non-hydrogen) atoms. The Balaban J connectivity index is 1.21. The number of nitrogens with zero attached hydrogens (tertiary/aromatic N) is 3. The van der Waals surface area contributed by atoms with Gasteiger partial charge < -0.3 is 22.6 Å². The van der Waals surface area contributed by atoms with Crippen molar-refractivity contribution >= 4 is 106 Å². The number of fused-ring (bicyclic) bond motifs is 17. The first-order chi connectivity index (χ1) is 31.0. The minimum Gasteiger partial charge on any atom is -0.456 e. The molecule has 0 N–H and O–H groups in total. The molecule has 0 bridgehead atoms. The molecule has 0 saturated heterocycles. The molecular formula is C57H42BN3O3. The lowest BCUT2D eigenvalue weighted by Gasteiger charge is -2.42. The largest absolute Gasteiger partial charge is 0.456 e. The number of hydrogen-bond donors (Lipinski definition) is 0. The van der Waals surface area contributed by atoms with Crippen molar-refractivity contribution in [2.24, 2.45) is 0 Å². The van der Waals surface area contributed by atoms with E-state index in [2.05, 4.69) is 172 Å². The number of furan rings is 2. The van der Waals surface area contributed by atoms with E-state index in [-0.39, 0.29) is 17.7 Å². The zero-order valence-corrected chi connectivity index (χ0v) is 36.5. The highest BCUT2D eigenvalue weighted by Crippen LogP contribution is 2.53. The van der Waals surface area contributed by atoms with Crippen molar-refractivity contribution in [1.82, 2.24) is 9.55 Å². The highest BCUT2D eigenvalue weighted by atomic mass is 16.3. The lowest BCUT2D eigenvalue weighted by atomic mass is 9.43. The highest BCUT2D eigenvalue weighted by molar-refractivity contribution is 6.94. The zero-order valence-electron chi connectivity index (χ0n) is 36.5. The van der Waals surface area contributed by atoms with Gasteiger partial charge in [0, 0.05) is 61.2 Å². The van der Waals surface area contributed by atoms with Crippen LogP contribution in [-0.2, 0) is 10.8 Å². The molecule has 8 aromatic carbocycles. The molecule has 7 heteroatoms. The normalized spacial score (nSPS) is 13.7. The molecule has 14 rings (SSSR count). The van der Waals surface area contributed by atoms with E-state index in [0.29, 0.717) is 5.89 Å². The summed E-state index contributed by atoms with van der Waals surface area (Å²) in [5.74, 6) is 0.607. The molecule has 306 valence electrons. The van der Waals surface area contributed by atoms with Crippen LogP contribution in [0, 0.1) is 0 Å². The van der Waals surface area contributed by atoms with Gasteiger partial charge in [-0.25, -0.2) is 4.98 Å². The lowest BCUT2D eigenvalue weighted by molar-refractivity contribution is 0.590. The van der Waals surface area contributed by atoms with Crippen LogP contribution in [-0.4, -0.2) is 16.4 Å². The van der Waals surface area contributed by atoms with Gasteiger partial charge in [0.2, 0.25) is 5.89 Å². The van der Waals surface area contributed by atoms with E-state index in [0.717, 1.165) is 105 Å². The fraction of sp³-hybridized carbons (Fsp3) is 0.140. The molecule has 2 aliphatic rings. The van der Waals surface area contributed by atoms with Crippen molar-refractivity contribution in [3.8, 4) is 28.3 Å². The third kappa shape index (κ3) is 4.73. The molecular weight excluding hydrogens is 785 g/mol. The number of oxazole rings is 1. The second-order valence-corrected chi connectivity index (χ2v) is 19.9. The molecule has 0 unspecified atom stereocenters. The molecule has 0 radical (unpaired) electrons. The summed E-state index contributed by atoms with van der Waals surface area (Å²) in [4.78, 5) is 7.79. The maximum atomic E-state index is 7.18. The molecule has 0 spiro atoms.